The van der Waals surface area contributed by atoms with E-state index in [0.29, 0.717) is 55.0 Å². The standard InChI is InChI=1S/C46H84O5S/c1-4-7-10-13-16-19-22-25-28-31-35-48-43-40-42(46(47)51-38-34-39-52)41-44(49-36-32-29-26-23-20-17-14-11-8-5-2)45(43)50-37-33-30-27-24-21-18-15-12-9-6-3/h40-41,52H,4-39H2,1-3H3. The summed E-state index contributed by atoms with van der Waals surface area (Å²) in [4.78, 5) is 13.1. The summed E-state index contributed by atoms with van der Waals surface area (Å²) in [7, 11) is 0. The smallest absolute Gasteiger partial charge is 0.338 e. The number of benzene rings is 1. The molecule has 0 fully saturated rings. The second-order valence-electron chi connectivity index (χ2n) is 15.1. The van der Waals surface area contributed by atoms with Crippen LogP contribution in [0.5, 0.6) is 17.2 Å². The molecule has 0 bridgehead atoms. The first-order valence-electron chi connectivity index (χ1n) is 22.5. The van der Waals surface area contributed by atoms with Gasteiger partial charge >= 0.3 is 5.97 Å². The highest BCUT2D eigenvalue weighted by Gasteiger charge is 2.20. The molecule has 0 saturated carbocycles. The van der Waals surface area contributed by atoms with Crippen LogP contribution >= 0.6 is 12.6 Å². The zero-order valence-electron chi connectivity index (χ0n) is 34.6. The number of unbranched alkanes of at least 4 members (excludes halogenated alkanes) is 27. The van der Waals surface area contributed by atoms with Gasteiger partial charge in [0.15, 0.2) is 11.5 Å². The third-order valence-electron chi connectivity index (χ3n) is 10.0. The predicted octanol–water partition coefficient (Wildman–Crippen LogP) is 15.1. The van der Waals surface area contributed by atoms with Crippen LogP contribution < -0.4 is 14.2 Å². The van der Waals surface area contributed by atoms with Crippen molar-refractivity contribution in [1.29, 1.82) is 0 Å². The molecule has 0 heterocycles. The van der Waals surface area contributed by atoms with Crippen LogP contribution in [-0.4, -0.2) is 38.1 Å². The Balaban J connectivity index is 2.80. The molecule has 0 aromatic heterocycles. The van der Waals surface area contributed by atoms with Gasteiger partial charge in [-0.3, -0.25) is 0 Å². The molecule has 52 heavy (non-hydrogen) atoms. The molecule has 0 aliphatic rings. The maximum Gasteiger partial charge on any atom is 0.338 e. The molecule has 304 valence electrons. The maximum atomic E-state index is 13.1. The van der Waals surface area contributed by atoms with E-state index < -0.39 is 0 Å². The summed E-state index contributed by atoms with van der Waals surface area (Å²) < 4.78 is 24.8. The minimum absolute atomic E-state index is 0.350. The summed E-state index contributed by atoms with van der Waals surface area (Å²) >= 11 is 4.27. The van der Waals surface area contributed by atoms with Gasteiger partial charge in [-0.1, -0.05) is 194 Å². The normalized spacial score (nSPS) is 11.2. The van der Waals surface area contributed by atoms with Gasteiger partial charge in [0, 0.05) is 0 Å². The van der Waals surface area contributed by atoms with Gasteiger partial charge in [0.1, 0.15) is 0 Å². The fraction of sp³-hybridized carbons (Fsp3) is 0.848. The lowest BCUT2D eigenvalue weighted by Gasteiger charge is -2.19. The Morgan fingerprint density at radius 2 is 0.731 bits per heavy atom. The molecule has 1 aromatic rings. The summed E-state index contributed by atoms with van der Waals surface area (Å²) in [5.74, 6) is 2.17. The van der Waals surface area contributed by atoms with Crippen LogP contribution in [0.2, 0.25) is 0 Å². The lowest BCUT2D eigenvalue weighted by Crippen LogP contribution is -2.11. The Hall–Kier alpha value is -1.56. The molecule has 1 rings (SSSR count). The first-order chi connectivity index (χ1) is 25.7. The fourth-order valence-electron chi connectivity index (χ4n) is 6.67. The number of carbonyl (C=O) groups excluding carboxylic acids is 1. The Kier molecular flexibility index (Phi) is 35.2. The first-order valence-corrected chi connectivity index (χ1v) is 23.2. The molecule has 0 spiro atoms. The largest absolute Gasteiger partial charge is 0.490 e. The van der Waals surface area contributed by atoms with Crippen LogP contribution in [0.4, 0.5) is 0 Å². The van der Waals surface area contributed by atoms with E-state index in [0.717, 1.165) is 44.9 Å². The minimum Gasteiger partial charge on any atom is -0.490 e. The van der Waals surface area contributed by atoms with Crippen molar-refractivity contribution in [3.05, 3.63) is 17.7 Å². The van der Waals surface area contributed by atoms with E-state index in [1.165, 1.54) is 154 Å². The molecular weight excluding hydrogens is 665 g/mol. The van der Waals surface area contributed by atoms with Crippen molar-refractivity contribution in [2.24, 2.45) is 0 Å². The van der Waals surface area contributed by atoms with Gasteiger partial charge in [0.25, 0.3) is 0 Å². The molecule has 6 heteroatoms. The van der Waals surface area contributed by atoms with Gasteiger partial charge in [-0.05, 0) is 43.6 Å². The van der Waals surface area contributed by atoms with E-state index in [-0.39, 0.29) is 5.97 Å². The second-order valence-corrected chi connectivity index (χ2v) is 15.6. The molecule has 0 atom stereocenters. The van der Waals surface area contributed by atoms with Crippen LogP contribution in [0.15, 0.2) is 12.1 Å². The Morgan fingerprint density at radius 3 is 1.06 bits per heavy atom. The molecule has 0 aliphatic carbocycles. The zero-order valence-corrected chi connectivity index (χ0v) is 35.5. The van der Waals surface area contributed by atoms with E-state index >= 15 is 0 Å². The van der Waals surface area contributed by atoms with E-state index in [9.17, 15) is 4.79 Å². The average Bonchev–Trinajstić information content (AvgIpc) is 3.15. The molecule has 0 amide bonds. The number of hydrogen-bond acceptors (Lipinski definition) is 6. The van der Waals surface area contributed by atoms with E-state index in [1.54, 1.807) is 12.1 Å². The van der Waals surface area contributed by atoms with Crippen LogP contribution in [0.3, 0.4) is 0 Å². The highest BCUT2D eigenvalue weighted by molar-refractivity contribution is 7.80. The Morgan fingerprint density at radius 1 is 0.423 bits per heavy atom. The van der Waals surface area contributed by atoms with Crippen molar-refractivity contribution >= 4 is 18.6 Å². The predicted molar refractivity (Wildman–Crippen MR) is 227 cm³/mol. The number of esters is 1. The molecule has 0 saturated heterocycles. The summed E-state index contributed by atoms with van der Waals surface area (Å²) in [5.41, 5.74) is 0.460. The zero-order chi connectivity index (χ0) is 37.6. The van der Waals surface area contributed by atoms with Crippen LogP contribution in [0, 0.1) is 0 Å². The van der Waals surface area contributed by atoms with E-state index in [4.69, 9.17) is 18.9 Å². The Bertz CT molecular complexity index is 875. The molecule has 5 nitrogen and oxygen atoms in total. The maximum absolute atomic E-state index is 13.1. The Labute approximate surface area is 328 Å². The third-order valence-corrected chi connectivity index (χ3v) is 10.4. The van der Waals surface area contributed by atoms with Gasteiger partial charge in [0.05, 0.1) is 32.0 Å². The number of ether oxygens (including phenoxy) is 4. The second kappa shape index (κ2) is 37.7. The molecule has 0 radical (unpaired) electrons. The molecule has 0 aliphatic heterocycles. The highest BCUT2D eigenvalue weighted by Crippen LogP contribution is 2.40. The van der Waals surface area contributed by atoms with Gasteiger partial charge in [-0.2, -0.15) is 12.6 Å². The van der Waals surface area contributed by atoms with Crippen molar-refractivity contribution in [3.8, 4) is 17.2 Å². The molecular formula is C46H84O5S. The lowest BCUT2D eigenvalue weighted by molar-refractivity contribution is 0.0505. The van der Waals surface area contributed by atoms with Crippen LogP contribution in [0.1, 0.15) is 230 Å². The van der Waals surface area contributed by atoms with Crippen molar-refractivity contribution < 1.29 is 23.7 Å². The first kappa shape index (κ1) is 48.5. The van der Waals surface area contributed by atoms with Crippen molar-refractivity contribution in [3.63, 3.8) is 0 Å². The number of hydrogen-bond donors (Lipinski definition) is 1. The number of rotatable bonds is 40. The van der Waals surface area contributed by atoms with E-state index in [2.05, 4.69) is 33.4 Å². The summed E-state index contributed by atoms with van der Waals surface area (Å²) in [6.45, 7) is 8.99. The quantitative estimate of drug-likeness (QED) is 0.0411. The molecule has 1 aromatic carbocycles. The number of thiol groups is 1. The topological polar surface area (TPSA) is 54.0 Å². The summed E-state index contributed by atoms with van der Waals surface area (Å²) in [6.07, 6.45) is 39.1. The van der Waals surface area contributed by atoms with Gasteiger partial charge in [-0.15, -0.1) is 0 Å². The van der Waals surface area contributed by atoms with Crippen molar-refractivity contribution in [2.45, 2.75) is 220 Å². The fourth-order valence-corrected chi connectivity index (χ4v) is 6.80. The average molecular weight is 749 g/mol. The third kappa shape index (κ3) is 28.0. The van der Waals surface area contributed by atoms with Gasteiger partial charge in [-0.25, -0.2) is 4.79 Å². The lowest BCUT2D eigenvalue weighted by atomic mass is 10.1. The number of carbonyl (C=O) groups is 1. The van der Waals surface area contributed by atoms with Crippen molar-refractivity contribution in [2.75, 3.05) is 32.2 Å². The van der Waals surface area contributed by atoms with Crippen LogP contribution in [0.25, 0.3) is 0 Å². The monoisotopic (exact) mass is 749 g/mol. The van der Waals surface area contributed by atoms with Gasteiger partial charge in [0.2, 0.25) is 5.75 Å². The van der Waals surface area contributed by atoms with Crippen molar-refractivity contribution in [1.82, 2.24) is 0 Å². The van der Waals surface area contributed by atoms with Crippen LogP contribution in [-0.2, 0) is 4.74 Å². The SMILES string of the molecule is CCCCCCCCCCCCOc1cc(C(=O)OCCCS)cc(OCCCCCCCCCCCC)c1OCCCCCCCCCCCC. The minimum atomic E-state index is -0.351. The molecule has 0 N–H and O–H groups in total. The highest BCUT2D eigenvalue weighted by atomic mass is 32.1. The van der Waals surface area contributed by atoms with E-state index in [1.807, 2.05) is 0 Å². The summed E-state index contributed by atoms with van der Waals surface area (Å²) in [5, 5.41) is 0. The summed E-state index contributed by atoms with van der Waals surface area (Å²) in [6, 6.07) is 3.61. The molecule has 0 unspecified atom stereocenters. The van der Waals surface area contributed by atoms with Gasteiger partial charge < -0.3 is 18.9 Å².